The number of carbonyl (C=O) groups excluding carboxylic acids is 1. The number of hydrogen-bond acceptors (Lipinski definition) is 4. The molecule has 2 heterocycles. The van der Waals surface area contributed by atoms with E-state index in [0.717, 1.165) is 42.1 Å². The van der Waals surface area contributed by atoms with Crippen LogP contribution in [0.4, 0.5) is 0 Å². The molecule has 2 aliphatic carbocycles. The normalized spacial score (nSPS) is 31.5. The maximum absolute atomic E-state index is 12.8. The number of nitrogens with two attached hydrogens (primary N) is 1. The Balaban J connectivity index is 0.00000169. The van der Waals surface area contributed by atoms with Gasteiger partial charge in [-0.15, -0.1) is 23.7 Å². The van der Waals surface area contributed by atoms with E-state index >= 15 is 0 Å². The van der Waals surface area contributed by atoms with Crippen molar-refractivity contribution in [3.8, 4) is 0 Å². The van der Waals surface area contributed by atoms with Gasteiger partial charge in [0, 0.05) is 24.4 Å². The fourth-order valence-electron chi connectivity index (χ4n) is 5.16. The van der Waals surface area contributed by atoms with Gasteiger partial charge in [-0.25, -0.2) is 4.98 Å². The molecule has 24 heavy (non-hydrogen) atoms. The van der Waals surface area contributed by atoms with Crippen LogP contribution in [0.25, 0.3) is 0 Å². The fraction of sp³-hybridized carbons (Fsp3) is 0.778. The summed E-state index contributed by atoms with van der Waals surface area (Å²) in [6.45, 7) is 1.51. The quantitative estimate of drug-likeness (QED) is 0.864. The van der Waals surface area contributed by atoms with Crippen LogP contribution < -0.4 is 5.73 Å². The van der Waals surface area contributed by atoms with Crippen molar-refractivity contribution >= 4 is 29.7 Å². The van der Waals surface area contributed by atoms with Crippen LogP contribution in [0.2, 0.25) is 0 Å². The lowest BCUT2D eigenvalue weighted by atomic mass is 9.83. The molecule has 134 valence electrons. The molecule has 1 saturated heterocycles. The lowest BCUT2D eigenvalue weighted by molar-refractivity contribution is 0.0702. The first kappa shape index (κ1) is 18.2. The van der Waals surface area contributed by atoms with Crippen molar-refractivity contribution in [2.75, 3.05) is 13.1 Å². The summed E-state index contributed by atoms with van der Waals surface area (Å²) in [7, 11) is 0. The van der Waals surface area contributed by atoms with Gasteiger partial charge < -0.3 is 10.6 Å². The molecule has 3 fully saturated rings. The summed E-state index contributed by atoms with van der Waals surface area (Å²) >= 11 is 1.57. The smallest absolute Gasteiger partial charge is 0.273 e. The fourth-order valence-corrected chi connectivity index (χ4v) is 5.95. The summed E-state index contributed by atoms with van der Waals surface area (Å²) in [4.78, 5) is 19.5. The zero-order valence-corrected chi connectivity index (χ0v) is 15.8. The number of fused-ring (bicyclic) bond motifs is 2. The highest BCUT2D eigenvalue weighted by atomic mass is 35.5. The van der Waals surface area contributed by atoms with Gasteiger partial charge in [0.15, 0.2) is 0 Å². The van der Waals surface area contributed by atoms with Gasteiger partial charge in [0.1, 0.15) is 5.69 Å². The Hall–Kier alpha value is -0.650. The lowest BCUT2D eigenvalue weighted by Gasteiger charge is -2.30. The predicted molar refractivity (Wildman–Crippen MR) is 99.7 cm³/mol. The molecular formula is C18H28ClN3OS. The highest BCUT2D eigenvalue weighted by Gasteiger charge is 2.42. The van der Waals surface area contributed by atoms with Crippen molar-refractivity contribution in [3.05, 3.63) is 16.1 Å². The Morgan fingerprint density at radius 1 is 1.33 bits per heavy atom. The van der Waals surface area contributed by atoms with Gasteiger partial charge in [-0.05, 0) is 62.8 Å². The molecule has 4 rings (SSSR count). The van der Waals surface area contributed by atoms with E-state index in [4.69, 9.17) is 5.73 Å². The highest BCUT2D eigenvalue weighted by Crippen LogP contribution is 2.50. The van der Waals surface area contributed by atoms with Gasteiger partial charge in [-0.1, -0.05) is 6.42 Å². The molecule has 1 amide bonds. The van der Waals surface area contributed by atoms with E-state index in [0.29, 0.717) is 18.3 Å². The molecule has 0 spiro atoms. The van der Waals surface area contributed by atoms with E-state index < -0.39 is 0 Å². The van der Waals surface area contributed by atoms with Crippen LogP contribution in [0.5, 0.6) is 0 Å². The van der Waals surface area contributed by atoms with E-state index in [1.807, 2.05) is 5.38 Å². The van der Waals surface area contributed by atoms with Gasteiger partial charge in [-0.2, -0.15) is 0 Å². The molecule has 1 aliphatic heterocycles. The molecular weight excluding hydrogens is 342 g/mol. The zero-order valence-electron chi connectivity index (χ0n) is 14.2. The lowest BCUT2D eigenvalue weighted by Crippen LogP contribution is -2.37. The van der Waals surface area contributed by atoms with E-state index in [-0.39, 0.29) is 18.3 Å². The maximum Gasteiger partial charge on any atom is 0.273 e. The van der Waals surface area contributed by atoms with E-state index in [9.17, 15) is 4.79 Å². The standard InChI is InChI=1S/C18H27N3OS.ClH/c19-6-5-17-20-16(11-23-17)18(22)21-7-1-2-15(21)10-14-9-12-3-4-13(14)8-12;/h11-15H,1-10,19H2;1H. The number of rotatable bonds is 5. The highest BCUT2D eigenvalue weighted by molar-refractivity contribution is 7.09. The number of likely N-dealkylation sites (tertiary alicyclic amines) is 1. The van der Waals surface area contributed by atoms with Gasteiger partial charge in [0.2, 0.25) is 0 Å². The first-order valence-electron chi connectivity index (χ1n) is 9.20. The van der Waals surface area contributed by atoms with E-state index in [1.54, 1.807) is 11.3 Å². The Labute approximate surface area is 154 Å². The summed E-state index contributed by atoms with van der Waals surface area (Å²) in [5.74, 6) is 2.96. The molecule has 4 atom stereocenters. The first-order valence-corrected chi connectivity index (χ1v) is 10.1. The van der Waals surface area contributed by atoms with Crippen molar-refractivity contribution < 1.29 is 4.79 Å². The van der Waals surface area contributed by atoms with Gasteiger partial charge in [0.25, 0.3) is 5.91 Å². The minimum absolute atomic E-state index is 0. The predicted octanol–water partition coefficient (Wildman–Crippen LogP) is 3.50. The number of thiazole rings is 1. The zero-order chi connectivity index (χ0) is 15.8. The number of amides is 1. The van der Waals surface area contributed by atoms with E-state index in [1.165, 1.54) is 38.5 Å². The largest absolute Gasteiger partial charge is 0.334 e. The van der Waals surface area contributed by atoms with E-state index in [2.05, 4.69) is 9.88 Å². The number of nitrogens with zero attached hydrogens (tertiary/aromatic N) is 2. The molecule has 2 N–H and O–H groups in total. The van der Waals surface area contributed by atoms with Crippen LogP contribution in [0.3, 0.4) is 0 Å². The van der Waals surface area contributed by atoms with Crippen molar-refractivity contribution in [2.24, 2.45) is 23.5 Å². The second-order valence-corrected chi connectivity index (χ2v) is 8.57. The topological polar surface area (TPSA) is 59.2 Å². The molecule has 4 unspecified atom stereocenters. The number of carbonyl (C=O) groups is 1. The monoisotopic (exact) mass is 369 g/mol. The van der Waals surface area contributed by atoms with Gasteiger partial charge >= 0.3 is 0 Å². The molecule has 4 nitrogen and oxygen atoms in total. The molecule has 3 aliphatic rings. The van der Waals surface area contributed by atoms with Crippen molar-refractivity contribution in [1.82, 2.24) is 9.88 Å². The number of aromatic nitrogens is 1. The Morgan fingerprint density at radius 2 is 2.21 bits per heavy atom. The second kappa shape index (κ2) is 7.71. The molecule has 0 radical (unpaired) electrons. The van der Waals surface area contributed by atoms with Crippen molar-refractivity contribution in [3.63, 3.8) is 0 Å². The number of hydrogen-bond donors (Lipinski definition) is 1. The summed E-state index contributed by atoms with van der Waals surface area (Å²) in [5.41, 5.74) is 6.22. The third kappa shape index (κ3) is 3.49. The average Bonchev–Trinajstić information content (AvgIpc) is 3.31. The molecule has 1 aromatic heterocycles. The summed E-state index contributed by atoms with van der Waals surface area (Å²) < 4.78 is 0. The SMILES string of the molecule is Cl.NCCc1nc(C(=O)N2CCCC2CC2CC3CCC2C3)cs1. The minimum Gasteiger partial charge on any atom is -0.334 e. The van der Waals surface area contributed by atoms with Crippen LogP contribution >= 0.6 is 23.7 Å². The van der Waals surface area contributed by atoms with Crippen LogP contribution in [0.15, 0.2) is 5.38 Å². The average molecular weight is 370 g/mol. The summed E-state index contributed by atoms with van der Waals surface area (Å²) in [6, 6.07) is 0.450. The molecule has 0 aromatic carbocycles. The van der Waals surface area contributed by atoms with Gasteiger partial charge in [0.05, 0.1) is 5.01 Å². The second-order valence-electron chi connectivity index (χ2n) is 7.63. The Morgan fingerprint density at radius 3 is 2.92 bits per heavy atom. The molecule has 2 bridgehead atoms. The first-order chi connectivity index (χ1) is 11.2. The van der Waals surface area contributed by atoms with Crippen LogP contribution in [-0.4, -0.2) is 34.9 Å². The molecule has 2 saturated carbocycles. The number of halogens is 1. The van der Waals surface area contributed by atoms with Crippen molar-refractivity contribution in [2.45, 2.75) is 57.4 Å². The molecule has 1 aromatic rings. The maximum atomic E-state index is 12.8. The van der Waals surface area contributed by atoms with Crippen LogP contribution in [0, 0.1) is 17.8 Å². The molecule has 6 heteroatoms. The minimum atomic E-state index is 0. The summed E-state index contributed by atoms with van der Waals surface area (Å²) in [6.07, 6.45) is 10.1. The van der Waals surface area contributed by atoms with Crippen molar-refractivity contribution in [1.29, 1.82) is 0 Å². The van der Waals surface area contributed by atoms with Gasteiger partial charge in [-0.3, -0.25) is 4.79 Å². The Bertz CT molecular complexity index is 578. The summed E-state index contributed by atoms with van der Waals surface area (Å²) in [5, 5.41) is 2.90. The van der Waals surface area contributed by atoms with Crippen LogP contribution in [-0.2, 0) is 6.42 Å². The van der Waals surface area contributed by atoms with Crippen LogP contribution in [0.1, 0.15) is 60.4 Å². The Kier molecular flexibility index (Phi) is 5.83. The third-order valence-electron chi connectivity index (χ3n) is 6.23. The third-order valence-corrected chi connectivity index (χ3v) is 7.14.